The van der Waals surface area contributed by atoms with Crippen LogP contribution >= 0.6 is 0 Å². The van der Waals surface area contributed by atoms with E-state index in [0.717, 1.165) is 29.5 Å². The summed E-state index contributed by atoms with van der Waals surface area (Å²) >= 11 is 0. The molecule has 2 rings (SSSR count). The number of carbonyl (C=O) groups excluding carboxylic acids is 1. The zero-order chi connectivity index (χ0) is 13.3. The van der Waals surface area contributed by atoms with Crippen LogP contribution in [-0.2, 0) is 0 Å². The summed E-state index contributed by atoms with van der Waals surface area (Å²) in [5.74, 6) is 0.0322. The van der Waals surface area contributed by atoms with Crippen molar-refractivity contribution >= 4 is 5.91 Å². The number of amides is 1. The van der Waals surface area contributed by atoms with Crippen molar-refractivity contribution < 1.29 is 4.79 Å². The van der Waals surface area contributed by atoms with E-state index in [9.17, 15) is 4.79 Å². The highest BCUT2D eigenvalue weighted by molar-refractivity contribution is 5.97. The zero-order valence-corrected chi connectivity index (χ0v) is 11.5. The molecular weight excluding hydrogens is 224 g/mol. The van der Waals surface area contributed by atoms with Crippen molar-refractivity contribution in [1.82, 2.24) is 5.32 Å². The van der Waals surface area contributed by atoms with Crippen molar-refractivity contribution in [2.45, 2.75) is 33.6 Å². The Hall–Kier alpha value is -1.35. The summed E-state index contributed by atoms with van der Waals surface area (Å²) in [6.07, 6.45) is 2.27. The number of nitrogens with two attached hydrogens (primary N) is 1. The van der Waals surface area contributed by atoms with Gasteiger partial charge in [-0.25, -0.2) is 0 Å². The maximum absolute atomic E-state index is 12.2. The van der Waals surface area contributed by atoms with Gasteiger partial charge in [0.05, 0.1) is 0 Å². The Balaban J connectivity index is 2.09. The van der Waals surface area contributed by atoms with Gasteiger partial charge in [0.2, 0.25) is 0 Å². The summed E-state index contributed by atoms with van der Waals surface area (Å²) < 4.78 is 0. The van der Waals surface area contributed by atoms with E-state index < -0.39 is 0 Å². The summed E-state index contributed by atoms with van der Waals surface area (Å²) in [7, 11) is 0. The van der Waals surface area contributed by atoms with Gasteiger partial charge >= 0.3 is 0 Å². The molecule has 1 fully saturated rings. The van der Waals surface area contributed by atoms with Crippen LogP contribution in [0.5, 0.6) is 0 Å². The van der Waals surface area contributed by atoms with Gasteiger partial charge in [-0.3, -0.25) is 4.79 Å². The van der Waals surface area contributed by atoms with Crippen LogP contribution in [-0.4, -0.2) is 19.0 Å². The minimum atomic E-state index is 0.0322. The maximum Gasteiger partial charge on any atom is 0.251 e. The van der Waals surface area contributed by atoms with Crippen molar-refractivity contribution in [3.05, 3.63) is 34.4 Å². The molecule has 3 nitrogen and oxygen atoms in total. The van der Waals surface area contributed by atoms with Gasteiger partial charge in [-0.1, -0.05) is 17.7 Å². The molecule has 1 saturated carbocycles. The lowest BCUT2D eigenvalue weighted by Crippen LogP contribution is -2.34. The lowest BCUT2D eigenvalue weighted by molar-refractivity contribution is 0.0944. The first kappa shape index (κ1) is 13.1. The molecule has 0 saturated heterocycles. The third-order valence-corrected chi connectivity index (χ3v) is 3.92. The molecule has 0 spiro atoms. The number of nitrogens with one attached hydrogen (secondary N) is 1. The van der Waals surface area contributed by atoms with Gasteiger partial charge in [0, 0.05) is 17.5 Å². The van der Waals surface area contributed by atoms with E-state index in [1.807, 2.05) is 13.8 Å². The van der Waals surface area contributed by atoms with Gasteiger partial charge in [-0.2, -0.15) is 0 Å². The van der Waals surface area contributed by atoms with Crippen LogP contribution in [0, 0.1) is 26.2 Å². The Kier molecular flexibility index (Phi) is 3.44. The van der Waals surface area contributed by atoms with Crippen molar-refractivity contribution in [3.8, 4) is 0 Å². The van der Waals surface area contributed by atoms with Crippen LogP contribution in [0.25, 0.3) is 0 Å². The van der Waals surface area contributed by atoms with Crippen LogP contribution in [0.4, 0.5) is 0 Å². The Bertz CT molecular complexity index is 452. The highest BCUT2D eigenvalue weighted by Gasteiger charge is 2.41. The van der Waals surface area contributed by atoms with Crippen molar-refractivity contribution in [1.29, 1.82) is 0 Å². The second-order valence-electron chi connectivity index (χ2n) is 5.66. The summed E-state index contributed by atoms with van der Waals surface area (Å²) in [6.45, 7) is 7.40. The summed E-state index contributed by atoms with van der Waals surface area (Å²) in [5.41, 5.74) is 10.0. The molecule has 3 heteroatoms. The fraction of sp³-hybridized carbons (Fsp3) is 0.533. The highest BCUT2D eigenvalue weighted by Crippen LogP contribution is 2.43. The molecule has 1 amide bonds. The first-order valence-corrected chi connectivity index (χ1v) is 6.53. The molecule has 0 bridgehead atoms. The predicted molar refractivity (Wildman–Crippen MR) is 73.7 cm³/mol. The number of hydrogen-bond acceptors (Lipinski definition) is 2. The van der Waals surface area contributed by atoms with Crippen molar-refractivity contribution in [2.24, 2.45) is 11.1 Å². The van der Waals surface area contributed by atoms with E-state index in [-0.39, 0.29) is 11.3 Å². The number of benzene rings is 1. The van der Waals surface area contributed by atoms with E-state index in [0.29, 0.717) is 13.1 Å². The predicted octanol–water partition coefficient (Wildman–Crippen LogP) is 2.08. The molecule has 0 heterocycles. The average Bonchev–Trinajstić information content (AvgIpc) is 3.05. The quantitative estimate of drug-likeness (QED) is 0.854. The third-order valence-electron chi connectivity index (χ3n) is 3.92. The first-order chi connectivity index (χ1) is 8.47. The molecular formula is C15H22N2O. The van der Waals surface area contributed by atoms with E-state index in [4.69, 9.17) is 5.73 Å². The molecule has 18 heavy (non-hydrogen) atoms. The number of aryl methyl sites for hydroxylation is 3. The molecule has 0 atom stereocenters. The van der Waals surface area contributed by atoms with Gasteiger partial charge in [0.25, 0.3) is 5.91 Å². The zero-order valence-electron chi connectivity index (χ0n) is 11.5. The van der Waals surface area contributed by atoms with Crippen LogP contribution in [0.1, 0.15) is 39.9 Å². The summed E-state index contributed by atoms with van der Waals surface area (Å²) in [5, 5.41) is 3.03. The molecule has 0 unspecified atom stereocenters. The van der Waals surface area contributed by atoms with Crippen LogP contribution in [0.15, 0.2) is 12.1 Å². The molecule has 0 aliphatic heterocycles. The number of hydrogen-bond donors (Lipinski definition) is 2. The highest BCUT2D eigenvalue weighted by atomic mass is 16.1. The summed E-state index contributed by atoms with van der Waals surface area (Å²) in [4.78, 5) is 12.2. The first-order valence-electron chi connectivity index (χ1n) is 6.53. The smallest absolute Gasteiger partial charge is 0.251 e. The Labute approximate surface area is 109 Å². The molecule has 3 N–H and O–H groups in total. The number of rotatable bonds is 4. The Morgan fingerprint density at radius 3 is 2.28 bits per heavy atom. The summed E-state index contributed by atoms with van der Waals surface area (Å²) in [6, 6.07) is 4.11. The standard InChI is InChI=1S/C15H22N2O/c1-10-6-11(2)13(12(3)7-10)14(18)17-9-15(8-16)4-5-15/h6-7H,4-5,8-9,16H2,1-3H3,(H,17,18). The van der Waals surface area contributed by atoms with Crippen molar-refractivity contribution in [3.63, 3.8) is 0 Å². The molecule has 0 aromatic heterocycles. The monoisotopic (exact) mass is 246 g/mol. The SMILES string of the molecule is Cc1cc(C)c(C(=O)NCC2(CN)CC2)c(C)c1. The fourth-order valence-corrected chi connectivity index (χ4v) is 2.52. The lowest BCUT2D eigenvalue weighted by Gasteiger charge is -2.16. The van der Waals surface area contributed by atoms with E-state index in [1.165, 1.54) is 5.56 Å². The fourth-order valence-electron chi connectivity index (χ4n) is 2.52. The van der Waals surface area contributed by atoms with Gasteiger partial charge in [-0.05, 0) is 51.3 Å². The molecule has 1 aliphatic carbocycles. The third kappa shape index (κ3) is 2.56. The van der Waals surface area contributed by atoms with E-state index >= 15 is 0 Å². The van der Waals surface area contributed by atoms with Crippen LogP contribution in [0.2, 0.25) is 0 Å². The molecule has 1 aromatic rings. The number of carbonyl (C=O) groups is 1. The minimum Gasteiger partial charge on any atom is -0.351 e. The van der Waals surface area contributed by atoms with Crippen molar-refractivity contribution in [2.75, 3.05) is 13.1 Å². The second kappa shape index (κ2) is 4.73. The maximum atomic E-state index is 12.2. The largest absolute Gasteiger partial charge is 0.351 e. The molecule has 1 aliphatic rings. The second-order valence-corrected chi connectivity index (χ2v) is 5.66. The molecule has 0 radical (unpaired) electrons. The normalized spacial score (nSPS) is 16.4. The van der Waals surface area contributed by atoms with Gasteiger partial charge in [0.15, 0.2) is 0 Å². The van der Waals surface area contributed by atoms with Gasteiger partial charge < -0.3 is 11.1 Å². The topological polar surface area (TPSA) is 55.1 Å². The molecule has 1 aromatic carbocycles. The van der Waals surface area contributed by atoms with E-state index in [1.54, 1.807) is 0 Å². The van der Waals surface area contributed by atoms with Crippen LogP contribution < -0.4 is 11.1 Å². The minimum absolute atomic E-state index is 0.0322. The van der Waals surface area contributed by atoms with Crippen LogP contribution in [0.3, 0.4) is 0 Å². The Morgan fingerprint density at radius 2 is 1.83 bits per heavy atom. The molecule has 98 valence electrons. The van der Waals surface area contributed by atoms with Gasteiger partial charge in [-0.15, -0.1) is 0 Å². The Morgan fingerprint density at radius 1 is 1.28 bits per heavy atom. The lowest BCUT2D eigenvalue weighted by atomic mass is 9.99. The average molecular weight is 246 g/mol. The van der Waals surface area contributed by atoms with E-state index in [2.05, 4.69) is 24.4 Å². The van der Waals surface area contributed by atoms with Gasteiger partial charge in [0.1, 0.15) is 0 Å².